The van der Waals surface area contributed by atoms with Crippen LogP contribution >= 0.6 is 15.9 Å². The molecule has 3 rings (SSSR count). The number of hydrogen-bond acceptors (Lipinski definition) is 5. The second kappa shape index (κ2) is 10.4. The van der Waals surface area contributed by atoms with Gasteiger partial charge in [-0.3, -0.25) is 9.10 Å². The Morgan fingerprint density at radius 2 is 1.72 bits per heavy atom. The summed E-state index contributed by atoms with van der Waals surface area (Å²) in [7, 11) is -2.61. The monoisotopic (exact) mass is 515 g/mol. The number of methoxy groups -OCH3 is 1. The van der Waals surface area contributed by atoms with E-state index in [4.69, 9.17) is 4.74 Å². The van der Waals surface area contributed by atoms with Crippen LogP contribution in [0.15, 0.2) is 87.3 Å². The van der Waals surface area contributed by atoms with Gasteiger partial charge < -0.3 is 4.74 Å². The van der Waals surface area contributed by atoms with Gasteiger partial charge >= 0.3 is 0 Å². The molecule has 7 nitrogen and oxygen atoms in total. The van der Waals surface area contributed by atoms with Gasteiger partial charge in [0, 0.05) is 10.0 Å². The number of hydrogen-bond donors (Lipinski definition) is 1. The lowest BCUT2D eigenvalue weighted by atomic mass is 10.2. The highest BCUT2D eigenvalue weighted by atomic mass is 79.9. The Hall–Kier alpha value is -3.17. The van der Waals surface area contributed by atoms with Crippen LogP contribution in [-0.4, -0.2) is 34.2 Å². The Balaban J connectivity index is 1.90. The number of amides is 1. The van der Waals surface area contributed by atoms with Gasteiger partial charge in [-0.15, -0.1) is 0 Å². The molecule has 0 spiro atoms. The molecule has 0 aromatic heterocycles. The highest BCUT2D eigenvalue weighted by Crippen LogP contribution is 2.32. The van der Waals surface area contributed by atoms with Crippen LogP contribution < -0.4 is 14.5 Å². The summed E-state index contributed by atoms with van der Waals surface area (Å²) in [5, 5.41) is 3.95. The van der Waals surface area contributed by atoms with Gasteiger partial charge in [-0.1, -0.05) is 64.0 Å². The number of aryl methyl sites for hydroxylation is 1. The van der Waals surface area contributed by atoms with E-state index in [-0.39, 0.29) is 10.6 Å². The molecule has 0 bridgehead atoms. The second-order valence-corrected chi connectivity index (χ2v) is 9.53. The first-order valence-electron chi connectivity index (χ1n) is 9.62. The van der Waals surface area contributed by atoms with Crippen LogP contribution in [-0.2, 0) is 14.8 Å². The molecule has 0 aliphatic heterocycles. The second-order valence-electron chi connectivity index (χ2n) is 6.81. The summed E-state index contributed by atoms with van der Waals surface area (Å²) in [6, 6.07) is 20.4. The first-order chi connectivity index (χ1) is 15.3. The first-order valence-corrected chi connectivity index (χ1v) is 11.8. The van der Waals surface area contributed by atoms with Crippen LogP contribution in [0.25, 0.3) is 0 Å². The summed E-state index contributed by atoms with van der Waals surface area (Å²) >= 11 is 3.40. The highest BCUT2D eigenvalue weighted by Gasteiger charge is 2.29. The van der Waals surface area contributed by atoms with Crippen molar-refractivity contribution in [2.45, 2.75) is 11.8 Å². The van der Waals surface area contributed by atoms with E-state index in [2.05, 4.69) is 26.5 Å². The molecule has 0 aliphatic carbocycles. The van der Waals surface area contributed by atoms with Crippen LogP contribution in [0.5, 0.6) is 5.75 Å². The fourth-order valence-electron chi connectivity index (χ4n) is 2.89. The average Bonchev–Trinajstić information content (AvgIpc) is 2.79. The SMILES string of the molecule is COc1ccccc1N(CC(=O)N/N=C/c1ccccc1Br)S(=O)(=O)c1ccc(C)cc1. The molecule has 1 amide bonds. The van der Waals surface area contributed by atoms with Gasteiger partial charge in [0.2, 0.25) is 0 Å². The number of nitrogens with one attached hydrogen (secondary N) is 1. The number of nitrogens with zero attached hydrogens (tertiary/aromatic N) is 2. The Labute approximate surface area is 195 Å². The molecule has 0 saturated heterocycles. The van der Waals surface area contributed by atoms with Gasteiger partial charge in [0.1, 0.15) is 12.3 Å². The molecule has 3 aromatic rings. The third-order valence-corrected chi connectivity index (χ3v) is 7.04. The molecule has 9 heteroatoms. The maximum Gasteiger partial charge on any atom is 0.264 e. The first kappa shape index (κ1) is 23.5. The third kappa shape index (κ3) is 5.54. The molecular formula is C23H22BrN3O4S. The lowest BCUT2D eigenvalue weighted by Crippen LogP contribution is -2.39. The van der Waals surface area contributed by atoms with Crippen LogP contribution in [0.1, 0.15) is 11.1 Å². The van der Waals surface area contributed by atoms with Crippen molar-refractivity contribution < 1.29 is 17.9 Å². The molecule has 1 N–H and O–H groups in total. The summed E-state index contributed by atoms with van der Waals surface area (Å²) < 4.78 is 34.0. The van der Waals surface area contributed by atoms with Gasteiger partial charge in [0.25, 0.3) is 15.9 Å². The summed E-state index contributed by atoms with van der Waals surface area (Å²) in [5.41, 5.74) is 4.33. The maximum absolute atomic E-state index is 13.4. The molecule has 0 atom stereocenters. The van der Waals surface area contributed by atoms with Crippen LogP contribution in [0.2, 0.25) is 0 Å². The number of carbonyl (C=O) groups is 1. The molecule has 32 heavy (non-hydrogen) atoms. The number of para-hydroxylation sites is 2. The minimum Gasteiger partial charge on any atom is -0.495 e. The average molecular weight is 516 g/mol. The van der Waals surface area contributed by atoms with Gasteiger partial charge in [0.05, 0.1) is 23.9 Å². The quantitative estimate of drug-likeness (QED) is 0.361. The fourth-order valence-corrected chi connectivity index (χ4v) is 4.71. The number of benzene rings is 3. The Kier molecular flexibility index (Phi) is 7.66. The van der Waals surface area contributed by atoms with Crippen molar-refractivity contribution in [1.82, 2.24) is 5.43 Å². The third-order valence-electron chi connectivity index (χ3n) is 4.55. The van der Waals surface area contributed by atoms with Crippen molar-refractivity contribution in [3.8, 4) is 5.75 Å². The standard InChI is InChI=1S/C23H22BrN3O4S/c1-17-11-13-19(14-12-17)32(29,30)27(21-9-5-6-10-22(21)31-2)16-23(28)26-25-15-18-7-3-4-8-20(18)24/h3-15H,16H2,1-2H3,(H,26,28)/b25-15+. The number of anilines is 1. The van der Waals surface area contributed by atoms with Crippen molar-refractivity contribution in [1.29, 1.82) is 0 Å². The van der Waals surface area contributed by atoms with Crippen molar-refractivity contribution in [3.05, 3.63) is 88.4 Å². The molecule has 0 unspecified atom stereocenters. The maximum atomic E-state index is 13.4. The van der Waals surface area contributed by atoms with E-state index in [1.54, 1.807) is 36.4 Å². The Bertz CT molecular complexity index is 1230. The molecule has 0 saturated carbocycles. The van der Waals surface area contributed by atoms with Gasteiger partial charge in [-0.25, -0.2) is 13.8 Å². The number of rotatable bonds is 8. The highest BCUT2D eigenvalue weighted by molar-refractivity contribution is 9.10. The van der Waals surface area contributed by atoms with E-state index in [1.807, 2.05) is 31.2 Å². The van der Waals surface area contributed by atoms with E-state index in [0.29, 0.717) is 5.75 Å². The number of halogens is 1. The van der Waals surface area contributed by atoms with Crippen LogP contribution in [0.3, 0.4) is 0 Å². The van der Waals surface area contributed by atoms with Crippen molar-refractivity contribution >= 4 is 43.8 Å². The molecule has 0 radical (unpaired) electrons. The van der Waals surface area contributed by atoms with Crippen molar-refractivity contribution in [2.75, 3.05) is 18.0 Å². The topological polar surface area (TPSA) is 88.1 Å². The summed E-state index contributed by atoms with van der Waals surface area (Å²) in [6.07, 6.45) is 1.48. The molecule has 0 aliphatic rings. The molecule has 3 aromatic carbocycles. The van der Waals surface area contributed by atoms with Crippen molar-refractivity contribution in [2.24, 2.45) is 5.10 Å². The van der Waals surface area contributed by atoms with Crippen LogP contribution in [0, 0.1) is 6.92 Å². The van der Waals surface area contributed by atoms with Gasteiger partial charge in [-0.05, 0) is 37.3 Å². The minimum absolute atomic E-state index is 0.0681. The number of carbonyl (C=O) groups excluding carboxylic acids is 1. The zero-order valence-corrected chi connectivity index (χ0v) is 19.9. The van der Waals surface area contributed by atoms with Crippen LogP contribution in [0.4, 0.5) is 5.69 Å². The largest absolute Gasteiger partial charge is 0.495 e. The minimum atomic E-state index is -4.05. The van der Waals surface area contributed by atoms with E-state index in [0.717, 1.165) is 19.9 Å². The fraction of sp³-hybridized carbons (Fsp3) is 0.130. The van der Waals surface area contributed by atoms with E-state index in [1.165, 1.54) is 25.5 Å². The number of hydrazone groups is 1. The zero-order chi connectivity index (χ0) is 23.1. The normalized spacial score (nSPS) is 11.3. The van der Waals surface area contributed by atoms with Crippen molar-refractivity contribution in [3.63, 3.8) is 0 Å². The summed E-state index contributed by atoms with van der Waals surface area (Å²) in [6.45, 7) is 1.38. The van der Waals surface area contributed by atoms with E-state index >= 15 is 0 Å². The molecule has 0 fully saturated rings. The summed E-state index contributed by atoms with van der Waals surface area (Å²) in [5.74, 6) is -0.275. The Morgan fingerprint density at radius 1 is 1.06 bits per heavy atom. The van der Waals surface area contributed by atoms with Gasteiger partial charge in [0.15, 0.2) is 0 Å². The lowest BCUT2D eigenvalue weighted by molar-refractivity contribution is -0.119. The van der Waals surface area contributed by atoms with Gasteiger partial charge in [-0.2, -0.15) is 5.10 Å². The summed E-state index contributed by atoms with van der Waals surface area (Å²) in [4.78, 5) is 12.7. The Morgan fingerprint density at radius 3 is 2.41 bits per heavy atom. The number of ether oxygens (including phenoxy) is 1. The molecule has 166 valence electrons. The number of sulfonamides is 1. The van der Waals surface area contributed by atoms with E-state index < -0.39 is 22.5 Å². The zero-order valence-electron chi connectivity index (χ0n) is 17.5. The van der Waals surface area contributed by atoms with E-state index in [9.17, 15) is 13.2 Å². The lowest BCUT2D eigenvalue weighted by Gasteiger charge is -2.25. The predicted octanol–water partition coefficient (Wildman–Crippen LogP) is 4.11. The molecule has 0 heterocycles. The molecular weight excluding hydrogens is 494 g/mol. The predicted molar refractivity (Wildman–Crippen MR) is 129 cm³/mol. The smallest absolute Gasteiger partial charge is 0.264 e.